The molecule has 2 fully saturated rings. The van der Waals surface area contributed by atoms with Crippen molar-refractivity contribution in [1.29, 1.82) is 0 Å². The van der Waals surface area contributed by atoms with Crippen LogP contribution in [0.3, 0.4) is 0 Å². The largest absolute Gasteiger partial charge is 0.462 e. The monoisotopic (exact) mass is 359 g/mol. The number of benzene rings is 1. The lowest BCUT2D eigenvalue weighted by atomic mass is 9.98. The van der Waals surface area contributed by atoms with Crippen molar-refractivity contribution in [3.63, 3.8) is 0 Å². The van der Waals surface area contributed by atoms with E-state index >= 15 is 0 Å². The molecule has 1 aromatic rings. The second-order valence-electron chi connectivity index (χ2n) is 6.46. The van der Waals surface area contributed by atoms with Gasteiger partial charge in [-0.3, -0.25) is 14.5 Å². The number of rotatable bonds is 5. The van der Waals surface area contributed by atoms with Gasteiger partial charge >= 0.3 is 12.0 Å². The molecular formula is C18H21N3O5. The number of amides is 4. The average molecular weight is 359 g/mol. The van der Waals surface area contributed by atoms with E-state index in [-0.39, 0.29) is 19.1 Å². The van der Waals surface area contributed by atoms with Gasteiger partial charge in [0.25, 0.3) is 5.91 Å². The molecule has 26 heavy (non-hydrogen) atoms. The predicted molar refractivity (Wildman–Crippen MR) is 92.5 cm³/mol. The summed E-state index contributed by atoms with van der Waals surface area (Å²) >= 11 is 0. The molecule has 1 saturated heterocycles. The summed E-state index contributed by atoms with van der Waals surface area (Å²) in [4.78, 5) is 49.4. The molecule has 3 rings (SSSR count). The summed E-state index contributed by atoms with van der Waals surface area (Å²) in [5.74, 6) is -1.24. The van der Waals surface area contributed by atoms with Gasteiger partial charge in [0.2, 0.25) is 5.91 Å². The standard InChI is InChI=1S/C18H21N3O5/c1-2-26-15(23)12-5-7-13(8-6-12)19-14(22)11-21-16(24)18(20-17(21)25)9-3-4-10-18/h5-8H,2-4,9-11H2,1H3,(H,19,22)(H,20,25). The Kier molecular flexibility index (Phi) is 4.92. The molecule has 2 N–H and O–H groups in total. The van der Waals surface area contributed by atoms with E-state index in [1.165, 1.54) is 12.1 Å². The maximum atomic E-state index is 12.5. The van der Waals surface area contributed by atoms with Crippen LogP contribution in [0.4, 0.5) is 10.5 Å². The molecule has 138 valence electrons. The normalized spacial score (nSPS) is 18.1. The number of anilines is 1. The average Bonchev–Trinajstić information content (AvgIpc) is 3.17. The lowest BCUT2D eigenvalue weighted by Gasteiger charge is -2.19. The van der Waals surface area contributed by atoms with Crippen molar-refractivity contribution in [2.24, 2.45) is 0 Å². The Bertz CT molecular complexity index is 738. The van der Waals surface area contributed by atoms with Gasteiger partial charge in [-0.05, 0) is 44.0 Å². The molecule has 1 aliphatic heterocycles. The van der Waals surface area contributed by atoms with Gasteiger partial charge in [-0.1, -0.05) is 12.8 Å². The van der Waals surface area contributed by atoms with Crippen LogP contribution >= 0.6 is 0 Å². The predicted octanol–water partition coefficient (Wildman–Crippen LogP) is 1.67. The Morgan fingerprint density at radius 1 is 1.19 bits per heavy atom. The highest BCUT2D eigenvalue weighted by atomic mass is 16.5. The van der Waals surface area contributed by atoms with Crippen molar-refractivity contribution in [3.05, 3.63) is 29.8 Å². The number of carbonyl (C=O) groups excluding carboxylic acids is 4. The fourth-order valence-electron chi connectivity index (χ4n) is 3.39. The van der Waals surface area contributed by atoms with Crippen molar-refractivity contribution in [2.75, 3.05) is 18.5 Å². The zero-order chi connectivity index (χ0) is 18.7. The molecule has 8 heteroatoms. The third kappa shape index (κ3) is 3.40. The number of esters is 1. The number of hydrogen-bond acceptors (Lipinski definition) is 5. The number of urea groups is 1. The second kappa shape index (κ2) is 7.15. The molecule has 0 aromatic heterocycles. The van der Waals surface area contributed by atoms with Gasteiger partial charge < -0.3 is 15.4 Å². The molecule has 2 aliphatic rings. The first-order valence-corrected chi connectivity index (χ1v) is 8.66. The van der Waals surface area contributed by atoms with Crippen molar-refractivity contribution in [1.82, 2.24) is 10.2 Å². The maximum Gasteiger partial charge on any atom is 0.338 e. The summed E-state index contributed by atoms with van der Waals surface area (Å²) < 4.78 is 4.89. The van der Waals surface area contributed by atoms with Crippen LogP contribution < -0.4 is 10.6 Å². The minimum absolute atomic E-state index is 0.282. The Hall–Kier alpha value is -2.90. The van der Waals surface area contributed by atoms with Gasteiger partial charge in [0.15, 0.2) is 0 Å². The zero-order valence-corrected chi connectivity index (χ0v) is 14.5. The number of ether oxygens (including phenoxy) is 1. The van der Waals surface area contributed by atoms with E-state index in [2.05, 4.69) is 10.6 Å². The SMILES string of the molecule is CCOC(=O)c1ccc(NC(=O)CN2C(=O)NC3(CCCC3)C2=O)cc1. The van der Waals surface area contributed by atoms with Crippen molar-refractivity contribution in [3.8, 4) is 0 Å². The summed E-state index contributed by atoms with van der Waals surface area (Å²) in [6, 6.07) is 5.68. The summed E-state index contributed by atoms with van der Waals surface area (Å²) in [5.41, 5.74) is 0.0198. The van der Waals surface area contributed by atoms with Crippen molar-refractivity contribution >= 4 is 29.5 Å². The highest BCUT2D eigenvalue weighted by Crippen LogP contribution is 2.34. The number of hydrogen-bond donors (Lipinski definition) is 2. The van der Waals surface area contributed by atoms with Crippen LogP contribution in [-0.4, -0.2) is 47.4 Å². The highest BCUT2D eigenvalue weighted by molar-refractivity contribution is 6.10. The van der Waals surface area contributed by atoms with Gasteiger partial charge in [0, 0.05) is 5.69 Å². The summed E-state index contributed by atoms with van der Waals surface area (Å²) in [6.45, 7) is 1.66. The van der Waals surface area contributed by atoms with Gasteiger partial charge in [0.1, 0.15) is 12.1 Å². The minimum atomic E-state index is -0.821. The van der Waals surface area contributed by atoms with Crippen LogP contribution in [0.25, 0.3) is 0 Å². The lowest BCUT2D eigenvalue weighted by Crippen LogP contribution is -2.44. The van der Waals surface area contributed by atoms with E-state index in [0.717, 1.165) is 17.7 Å². The Morgan fingerprint density at radius 3 is 2.46 bits per heavy atom. The second-order valence-corrected chi connectivity index (χ2v) is 6.46. The molecule has 0 atom stereocenters. The molecule has 1 saturated carbocycles. The molecular weight excluding hydrogens is 338 g/mol. The van der Waals surface area contributed by atoms with Crippen LogP contribution in [0, 0.1) is 0 Å². The Morgan fingerprint density at radius 2 is 1.85 bits per heavy atom. The minimum Gasteiger partial charge on any atom is -0.462 e. The van der Waals surface area contributed by atoms with Gasteiger partial charge in [-0.25, -0.2) is 9.59 Å². The smallest absolute Gasteiger partial charge is 0.338 e. The molecule has 1 aromatic carbocycles. The van der Waals surface area contributed by atoms with Crippen molar-refractivity contribution < 1.29 is 23.9 Å². The van der Waals surface area contributed by atoms with Crippen LogP contribution in [-0.2, 0) is 14.3 Å². The first-order valence-electron chi connectivity index (χ1n) is 8.66. The van der Waals surface area contributed by atoms with E-state index < -0.39 is 23.4 Å². The van der Waals surface area contributed by atoms with E-state index in [9.17, 15) is 19.2 Å². The highest BCUT2D eigenvalue weighted by Gasteiger charge is 2.52. The van der Waals surface area contributed by atoms with Crippen LogP contribution in [0.1, 0.15) is 43.0 Å². The molecule has 4 amide bonds. The summed E-state index contributed by atoms with van der Waals surface area (Å²) in [5, 5.41) is 5.36. The molecule has 1 aliphatic carbocycles. The van der Waals surface area contributed by atoms with E-state index in [4.69, 9.17) is 4.74 Å². The molecule has 0 unspecified atom stereocenters. The van der Waals surface area contributed by atoms with Gasteiger partial charge in [0.05, 0.1) is 12.2 Å². The van der Waals surface area contributed by atoms with E-state index in [1.807, 2.05) is 0 Å². The summed E-state index contributed by atoms with van der Waals surface area (Å²) in [6.07, 6.45) is 3.01. The van der Waals surface area contributed by atoms with Crippen molar-refractivity contribution in [2.45, 2.75) is 38.1 Å². The third-order valence-electron chi connectivity index (χ3n) is 4.68. The van der Waals surface area contributed by atoms with Crippen LogP contribution in [0.2, 0.25) is 0 Å². The van der Waals surface area contributed by atoms with Crippen LogP contribution in [0.15, 0.2) is 24.3 Å². The fourth-order valence-corrected chi connectivity index (χ4v) is 3.39. The molecule has 1 heterocycles. The van der Waals surface area contributed by atoms with E-state index in [1.54, 1.807) is 19.1 Å². The topological polar surface area (TPSA) is 105 Å². The fraction of sp³-hybridized carbons (Fsp3) is 0.444. The lowest BCUT2D eigenvalue weighted by molar-refractivity contribution is -0.133. The van der Waals surface area contributed by atoms with E-state index in [0.29, 0.717) is 24.1 Å². The Labute approximate surface area is 150 Å². The summed E-state index contributed by atoms with van der Waals surface area (Å²) in [7, 11) is 0. The number of nitrogens with one attached hydrogen (secondary N) is 2. The molecule has 8 nitrogen and oxygen atoms in total. The first-order chi connectivity index (χ1) is 12.4. The number of imide groups is 1. The van der Waals surface area contributed by atoms with Crippen LogP contribution in [0.5, 0.6) is 0 Å². The Balaban J connectivity index is 1.60. The number of nitrogens with zero attached hydrogens (tertiary/aromatic N) is 1. The zero-order valence-electron chi connectivity index (χ0n) is 14.5. The van der Waals surface area contributed by atoms with Gasteiger partial charge in [-0.15, -0.1) is 0 Å². The molecule has 0 bridgehead atoms. The molecule has 1 spiro atoms. The third-order valence-corrected chi connectivity index (χ3v) is 4.68. The first kappa shape index (κ1) is 17.9. The molecule has 0 radical (unpaired) electrons. The number of carbonyl (C=O) groups is 4. The van der Waals surface area contributed by atoms with Gasteiger partial charge in [-0.2, -0.15) is 0 Å². The maximum absolute atomic E-state index is 12.5. The quantitative estimate of drug-likeness (QED) is 0.615.